The van der Waals surface area contributed by atoms with Crippen LogP contribution in [-0.4, -0.2) is 63.5 Å². The third kappa shape index (κ3) is 3.74. The summed E-state index contributed by atoms with van der Waals surface area (Å²) in [6.45, 7) is 4.10. The van der Waals surface area contributed by atoms with Crippen LogP contribution in [-0.2, 0) is 22.5 Å². The molecule has 4 heterocycles. The van der Waals surface area contributed by atoms with Crippen LogP contribution >= 0.6 is 0 Å². The van der Waals surface area contributed by atoms with E-state index in [0.29, 0.717) is 12.2 Å². The number of hydrogen-bond acceptors (Lipinski definition) is 8. The molecule has 2 N–H and O–H groups in total. The Bertz CT molecular complexity index is 965. The minimum absolute atomic E-state index is 0.144. The molecule has 0 spiro atoms. The first-order valence-electron chi connectivity index (χ1n) is 9.20. The Kier molecular flexibility index (Phi) is 5.07. The number of piperazine rings is 1. The molecule has 1 aliphatic rings. The van der Waals surface area contributed by atoms with Gasteiger partial charge in [0.15, 0.2) is 0 Å². The first kappa shape index (κ1) is 18.2. The number of rotatable bonds is 5. The Labute approximate surface area is 162 Å². The molecule has 28 heavy (non-hydrogen) atoms. The van der Waals surface area contributed by atoms with Gasteiger partial charge in [-0.15, -0.1) is 0 Å². The topological polar surface area (TPSA) is 102 Å². The summed E-state index contributed by atoms with van der Waals surface area (Å²) in [6, 6.07) is 5.50. The predicted molar refractivity (Wildman–Crippen MR) is 105 cm³/mol. The highest BCUT2D eigenvalue weighted by molar-refractivity contribution is 5.72. The summed E-state index contributed by atoms with van der Waals surface area (Å²) < 4.78 is 6.81. The van der Waals surface area contributed by atoms with Crippen molar-refractivity contribution < 1.29 is 9.53 Å². The van der Waals surface area contributed by atoms with Crippen molar-refractivity contribution >= 4 is 23.3 Å². The molecule has 0 amide bonds. The predicted octanol–water partition coefficient (Wildman–Crippen LogP) is 0.744. The summed E-state index contributed by atoms with van der Waals surface area (Å²) in [6.07, 6.45) is 5.52. The zero-order valence-electron chi connectivity index (χ0n) is 15.8. The van der Waals surface area contributed by atoms with Crippen molar-refractivity contribution in [2.24, 2.45) is 0 Å². The molecule has 0 atom stereocenters. The average molecular weight is 381 g/mol. The van der Waals surface area contributed by atoms with Crippen molar-refractivity contribution in [3.63, 3.8) is 0 Å². The number of esters is 1. The maximum atomic E-state index is 11.8. The van der Waals surface area contributed by atoms with Gasteiger partial charge >= 0.3 is 5.97 Å². The van der Waals surface area contributed by atoms with E-state index in [0.717, 1.165) is 49.2 Å². The number of aromatic nitrogens is 4. The molecule has 0 radical (unpaired) electrons. The Hall–Kier alpha value is -3.20. The summed E-state index contributed by atoms with van der Waals surface area (Å²) in [5, 5.41) is 0. The van der Waals surface area contributed by atoms with E-state index in [9.17, 15) is 4.79 Å². The summed E-state index contributed by atoms with van der Waals surface area (Å²) in [7, 11) is 1.39. The van der Waals surface area contributed by atoms with Crippen molar-refractivity contribution in [2.45, 2.75) is 13.0 Å². The van der Waals surface area contributed by atoms with Crippen LogP contribution in [0.3, 0.4) is 0 Å². The van der Waals surface area contributed by atoms with Gasteiger partial charge in [-0.1, -0.05) is 0 Å². The molecule has 9 nitrogen and oxygen atoms in total. The van der Waals surface area contributed by atoms with Crippen LogP contribution in [0.1, 0.15) is 11.4 Å². The number of nitrogens with two attached hydrogens (primary N) is 1. The number of carbonyl (C=O) groups excluding carboxylic acids is 1. The van der Waals surface area contributed by atoms with Crippen LogP contribution in [0.2, 0.25) is 0 Å². The number of imidazole rings is 1. The molecule has 146 valence electrons. The summed E-state index contributed by atoms with van der Waals surface area (Å²) in [5.74, 6) is 0.458. The van der Waals surface area contributed by atoms with E-state index in [1.807, 2.05) is 28.8 Å². The number of pyridine rings is 1. The van der Waals surface area contributed by atoms with E-state index in [4.69, 9.17) is 10.5 Å². The largest absolute Gasteiger partial charge is 0.469 e. The number of nitrogen functional groups attached to an aromatic ring is 1. The number of ether oxygens (including phenoxy) is 1. The quantitative estimate of drug-likeness (QED) is 0.646. The van der Waals surface area contributed by atoms with Gasteiger partial charge in [0.25, 0.3) is 0 Å². The fraction of sp³-hybridized carbons (Fsp3) is 0.368. The first-order valence-corrected chi connectivity index (χ1v) is 9.20. The number of hydrogen-bond donors (Lipinski definition) is 1. The molecule has 0 saturated carbocycles. The third-order valence-corrected chi connectivity index (χ3v) is 4.94. The highest BCUT2D eigenvalue weighted by Gasteiger charge is 2.22. The van der Waals surface area contributed by atoms with E-state index in [1.165, 1.54) is 7.11 Å². The fourth-order valence-corrected chi connectivity index (χ4v) is 3.45. The third-order valence-electron chi connectivity index (χ3n) is 4.94. The molecule has 0 aromatic carbocycles. The molecule has 3 aromatic rings. The molecule has 3 aromatic heterocycles. The normalized spacial score (nSPS) is 15.1. The van der Waals surface area contributed by atoms with E-state index in [2.05, 4.69) is 24.8 Å². The van der Waals surface area contributed by atoms with Crippen molar-refractivity contribution in [1.29, 1.82) is 0 Å². The first-order chi connectivity index (χ1) is 13.6. The van der Waals surface area contributed by atoms with Gasteiger partial charge in [0.2, 0.25) is 5.95 Å². The lowest BCUT2D eigenvalue weighted by Gasteiger charge is -2.34. The monoisotopic (exact) mass is 381 g/mol. The van der Waals surface area contributed by atoms with E-state index in [1.54, 1.807) is 12.4 Å². The van der Waals surface area contributed by atoms with Crippen molar-refractivity contribution in [3.05, 3.63) is 48.2 Å². The summed E-state index contributed by atoms with van der Waals surface area (Å²) >= 11 is 0. The van der Waals surface area contributed by atoms with Crippen molar-refractivity contribution in [3.8, 4) is 0 Å². The molecule has 1 saturated heterocycles. The number of anilines is 2. The van der Waals surface area contributed by atoms with Crippen molar-refractivity contribution in [2.75, 3.05) is 43.9 Å². The average Bonchev–Trinajstić information content (AvgIpc) is 3.05. The Morgan fingerprint density at radius 3 is 2.64 bits per heavy atom. The molecule has 9 heteroatoms. The van der Waals surface area contributed by atoms with Gasteiger partial charge in [0.05, 0.1) is 24.9 Å². The number of nitrogens with zero attached hydrogens (tertiary/aromatic N) is 6. The van der Waals surface area contributed by atoms with Crippen LogP contribution in [0.15, 0.2) is 36.8 Å². The second-order valence-corrected chi connectivity index (χ2v) is 6.76. The van der Waals surface area contributed by atoms with E-state index in [-0.39, 0.29) is 12.4 Å². The van der Waals surface area contributed by atoms with Crippen LogP contribution in [0.25, 0.3) is 5.65 Å². The standard InChI is InChI=1S/C19H23N7O2/c1-28-18(27)11-15-16(26-12-14(20)3-4-17(26)23-15)13-24-7-9-25(10-8-24)19-21-5-2-6-22-19/h2-6,12H,7-11,13,20H2,1H3. The SMILES string of the molecule is COC(=O)Cc1nc2ccc(N)cn2c1CN1CCN(c2ncccn2)CC1. The summed E-state index contributed by atoms with van der Waals surface area (Å²) in [5.41, 5.74) is 9.10. The molecule has 0 aliphatic carbocycles. The molecular formula is C19H23N7O2. The van der Waals surface area contributed by atoms with Crippen LogP contribution in [0.5, 0.6) is 0 Å². The van der Waals surface area contributed by atoms with Gasteiger partial charge in [-0.05, 0) is 18.2 Å². The Morgan fingerprint density at radius 2 is 1.93 bits per heavy atom. The second-order valence-electron chi connectivity index (χ2n) is 6.76. The van der Waals surface area contributed by atoms with Crippen LogP contribution in [0.4, 0.5) is 11.6 Å². The zero-order valence-corrected chi connectivity index (χ0v) is 15.8. The maximum Gasteiger partial charge on any atom is 0.311 e. The van der Waals surface area contributed by atoms with Gasteiger partial charge in [0, 0.05) is 57.0 Å². The van der Waals surface area contributed by atoms with Gasteiger partial charge in [-0.25, -0.2) is 15.0 Å². The van der Waals surface area contributed by atoms with Gasteiger partial charge in [-0.2, -0.15) is 0 Å². The molecular weight excluding hydrogens is 358 g/mol. The maximum absolute atomic E-state index is 11.8. The van der Waals surface area contributed by atoms with Gasteiger partial charge in [0.1, 0.15) is 5.65 Å². The van der Waals surface area contributed by atoms with Crippen molar-refractivity contribution in [1.82, 2.24) is 24.3 Å². The van der Waals surface area contributed by atoms with Crippen LogP contribution in [0, 0.1) is 0 Å². The Balaban J connectivity index is 1.53. The highest BCUT2D eigenvalue weighted by Crippen LogP contribution is 2.19. The second kappa shape index (κ2) is 7.81. The smallest absolute Gasteiger partial charge is 0.311 e. The Morgan fingerprint density at radius 1 is 1.18 bits per heavy atom. The van der Waals surface area contributed by atoms with Gasteiger partial charge < -0.3 is 19.8 Å². The van der Waals surface area contributed by atoms with E-state index < -0.39 is 0 Å². The highest BCUT2D eigenvalue weighted by atomic mass is 16.5. The summed E-state index contributed by atoms with van der Waals surface area (Å²) in [4.78, 5) is 29.6. The number of carbonyl (C=O) groups is 1. The lowest BCUT2D eigenvalue weighted by Crippen LogP contribution is -2.46. The minimum atomic E-state index is -0.302. The zero-order chi connectivity index (χ0) is 19.5. The molecule has 1 fully saturated rings. The van der Waals surface area contributed by atoms with E-state index >= 15 is 0 Å². The fourth-order valence-electron chi connectivity index (χ4n) is 3.45. The molecule has 4 rings (SSSR count). The molecule has 1 aliphatic heterocycles. The minimum Gasteiger partial charge on any atom is -0.469 e. The molecule has 0 bridgehead atoms. The molecule has 0 unspecified atom stereocenters. The van der Waals surface area contributed by atoms with Crippen LogP contribution < -0.4 is 10.6 Å². The lowest BCUT2D eigenvalue weighted by atomic mass is 10.2. The number of methoxy groups -OCH3 is 1. The lowest BCUT2D eigenvalue weighted by molar-refractivity contribution is -0.139. The van der Waals surface area contributed by atoms with Gasteiger partial charge in [-0.3, -0.25) is 9.69 Å². The number of fused-ring (bicyclic) bond motifs is 1.